The van der Waals surface area contributed by atoms with Crippen LogP contribution in [0.25, 0.3) is 10.8 Å². The molecule has 0 bridgehead atoms. The molecule has 1 aromatic heterocycles. The number of amides is 1. The van der Waals surface area contributed by atoms with Gasteiger partial charge in [0.1, 0.15) is 17.6 Å². The highest BCUT2D eigenvalue weighted by molar-refractivity contribution is 7.89. The normalized spacial score (nSPS) is 16.8. The standard InChI is InChI=1S/C22H24N4O4S2/c1-25(19-9-10-26(22(19)27)13-17-6-8-20(31-17)21(23)24)32(28,29)18-7-4-14-3-5-16(30-2)11-15(14)12-18/h3-8,11-12,19H,9-10,13H2,1-2H3,(H3,23,24). The second-order valence-corrected chi connectivity index (χ2v) is 10.8. The van der Waals surface area contributed by atoms with Crippen LogP contribution in [0.2, 0.25) is 0 Å². The average molecular weight is 473 g/mol. The van der Waals surface area contributed by atoms with Crippen LogP contribution in [0, 0.1) is 5.41 Å². The van der Waals surface area contributed by atoms with Gasteiger partial charge in [-0.25, -0.2) is 8.42 Å². The van der Waals surface area contributed by atoms with Crippen LogP contribution in [-0.4, -0.2) is 56.1 Å². The summed E-state index contributed by atoms with van der Waals surface area (Å²) in [6, 6.07) is 13.2. The molecule has 1 aliphatic rings. The van der Waals surface area contributed by atoms with E-state index in [9.17, 15) is 13.2 Å². The molecule has 0 spiro atoms. The Morgan fingerprint density at radius 2 is 1.97 bits per heavy atom. The van der Waals surface area contributed by atoms with Crippen molar-refractivity contribution in [3.8, 4) is 5.75 Å². The fraction of sp³-hybridized carbons (Fsp3) is 0.273. The zero-order valence-corrected chi connectivity index (χ0v) is 19.4. The van der Waals surface area contributed by atoms with Crippen LogP contribution in [0.5, 0.6) is 5.75 Å². The number of amidine groups is 1. The Morgan fingerprint density at radius 1 is 1.22 bits per heavy atom. The van der Waals surface area contributed by atoms with Gasteiger partial charge in [0.25, 0.3) is 0 Å². The van der Waals surface area contributed by atoms with Gasteiger partial charge in [0, 0.05) is 18.5 Å². The van der Waals surface area contributed by atoms with Crippen LogP contribution in [0.15, 0.2) is 53.4 Å². The third kappa shape index (κ3) is 4.08. The molecule has 32 heavy (non-hydrogen) atoms. The molecule has 3 aromatic rings. The first-order valence-electron chi connectivity index (χ1n) is 9.98. The average Bonchev–Trinajstić information content (AvgIpc) is 3.40. The first kappa shape index (κ1) is 22.3. The zero-order valence-electron chi connectivity index (χ0n) is 17.7. The lowest BCUT2D eigenvalue weighted by atomic mass is 10.1. The molecule has 0 aliphatic carbocycles. The highest BCUT2D eigenvalue weighted by Crippen LogP contribution is 2.29. The lowest BCUT2D eigenvalue weighted by Crippen LogP contribution is -2.42. The number of carbonyl (C=O) groups is 1. The maximum Gasteiger partial charge on any atom is 0.243 e. The van der Waals surface area contributed by atoms with Crippen LogP contribution in [-0.2, 0) is 21.4 Å². The molecule has 2 heterocycles. The highest BCUT2D eigenvalue weighted by Gasteiger charge is 2.39. The molecule has 3 N–H and O–H groups in total. The Balaban J connectivity index is 1.54. The number of fused-ring (bicyclic) bond motifs is 1. The molecule has 2 aromatic carbocycles. The Bertz CT molecular complexity index is 1300. The Kier molecular flexibility index (Phi) is 5.93. The van der Waals surface area contributed by atoms with Gasteiger partial charge in [0.15, 0.2) is 0 Å². The van der Waals surface area contributed by atoms with Gasteiger partial charge in [-0.05, 0) is 53.6 Å². The topological polar surface area (TPSA) is 117 Å². The van der Waals surface area contributed by atoms with Crippen molar-refractivity contribution in [2.45, 2.75) is 23.9 Å². The lowest BCUT2D eigenvalue weighted by Gasteiger charge is -2.23. The van der Waals surface area contributed by atoms with E-state index < -0.39 is 16.1 Å². The third-order valence-electron chi connectivity index (χ3n) is 5.68. The lowest BCUT2D eigenvalue weighted by molar-refractivity contribution is -0.131. The number of hydrogen-bond acceptors (Lipinski definition) is 6. The van der Waals surface area contributed by atoms with Gasteiger partial charge in [-0.15, -0.1) is 11.3 Å². The zero-order chi connectivity index (χ0) is 23.0. The quantitative estimate of drug-likeness (QED) is 0.405. The molecule has 1 aliphatic heterocycles. The first-order chi connectivity index (χ1) is 15.2. The minimum atomic E-state index is -3.87. The number of rotatable bonds is 7. The van der Waals surface area contributed by atoms with Crippen LogP contribution < -0.4 is 10.5 Å². The first-order valence-corrected chi connectivity index (χ1v) is 12.2. The number of carbonyl (C=O) groups excluding carboxylic acids is 1. The van der Waals surface area contributed by atoms with Crippen LogP contribution in [0.4, 0.5) is 0 Å². The molecule has 1 atom stereocenters. The fourth-order valence-electron chi connectivity index (χ4n) is 3.84. The number of methoxy groups -OCH3 is 1. The number of likely N-dealkylation sites (tertiary alicyclic amines) is 1. The van der Waals surface area contributed by atoms with Crippen molar-refractivity contribution in [3.63, 3.8) is 0 Å². The molecular weight excluding hydrogens is 448 g/mol. The van der Waals surface area contributed by atoms with Gasteiger partial charge in [0.2, 0.25) is 15.9 Å². The van der Waals surface area contributed by atoms with E-state index in [0.29, 0.717) is 30.1 Å². The molecule has 1 saturated heterocycles. The molecule has 1 amide bonds. The number of benzene rings is 2. The minimum Gasteiger partial charge on any atom is -0.497 e. The molecular formula is C22H24N4O4S2. The van der Waals surface area contributed by atoms with Crippen molar-refractivity contribution in [2.24, 2.45) is 5.73 Å². The molecule has 0 radical (unpaired) electrons. The summed E-state index contributed by atoms with van der Waals surface area (Å²) >= 11 is 1.36. The Hall–Kier alpha value is -2.95. The van der Waals surface area contributed by atoms with E-state index in [1.165, 1.54) is 22.7 Å². The summed E-state index contributed by atoms with van der Waals surface area (Å²) in [6.07, 6.45) is 0.418. The summed E-state index contributed by atoms with van der Waals surface area (Å²) in [6.45, 7) is 0.836. The number of likely N-dealkylation sites (N-methyl/N-ethyl adjacent to an activating group) is 1. The number of nitrogen functional groups attached to an aromatic ring is 1. The summed E-state index contributed by atoms with van der Waals surface area (Å²) in [5.41, 5.74) is 5.51. The second kappa shape index (κ2) is 8.53. The van der Waals surface area contributed by atoms with E-state index in [0.717, 1.165) is 15.6 Å². The van der Waals surface area contributed by atoms with E-state index in [-0.39, 0.29) is 16.6 Å². The monoisotopic (exact) mass is 472 g/mol. The summed E-state index contributed by atoms with van der Waals surface area (Å²) in [7, 11) is -0.853. The van der Waals surface area contributed by atoms with Crippen LogP contribution in [0.3, 0.4) is 0 Å². The van der Waals surface area contributed by atoms with E-state index in [1.807, 2.05) is 18.2 Å². The molecule has 0 saturated carbocycles. The van der Waals surface area contributed by atoms with Gasteiger partial charge < -0.3 is 15.4 Å². The number of ether oxygens (including phenoxy) is 1. The van der Waals surface area contributed by atoms with Crippen molar-refractivity contribution in [3.05, 3.63) is 58.3 Å². The van der Waals surface area contributed by atoms with Crippen LogP contribution >= 0.6 is 11.3 Å². The van der Waals surface area contributed by atoms with Crippen molar-refractivity contribution in [1.82, 2.24) is 9.21 Å². The fourth-order valence-corrected chi connectivity index (χ4v) is 6.10. The maximum absolute atomic E-state index is 13.3. The van der Waals surface area contributed by atoms with Crippen LogP contribution in [0.1, 0.15) is 16.2 Å². The molecule has 1 fully saturated rings. The van der Waals surface area contributed by atoms with Gasteiger partial charge in [-0.1, -0.05) is 12.1 Å². The number of sulfonamides is 1. The minimum absolute atomic E-state index is 0.00860. The summed E-state index contributed by atoms with van der Waals surface area (Å²) in [5, 5.41) is 9.16. The molecule has 10 heteroatoms. The largest absolute Gasteiger partial charge is 0.497 e. The van der Waals surface area contributed by atoms with Gasteiger partial charge in [0.05, 0.1) is 23.4 Å². The van der Waals surface area contributed by atoms with Crippen molar-refractivity contribution in [1.29, 1.82) is 5.41 Å². The number of nitrogens with one attached hydrogen (secondary N) is 1. The Morgan fingerprint density at radius 3 is 2.66 bits per heavy atom. The predicted molar refractivity (Wildman–Crippen MR) is 125 cm³/mol. The number of hydrogen-bond donors (Lipinski definition) is 2. The number of nitrogens with two attached hydrogens (primary N) is 1. The van der Waals surface area contributed by atoms with Gasteiger partial charge in [-0.2, -0.15) is 4.31 Å². The third-order valence-corrected chi connectivity index (χ3v) is 8.64. The van der Waals surface area contributed by atoms with Crippen molar-refractivity contribution < 1.29 is 17.9 Å². The maximum atomic E-state index is 13.3. The van der Waals surface area contributed by atoms with E-state index in [2.05, 4.69) is 0 Å². The van der Waals surface area contributed by atoms with Gasteiger partial charge >= 0.3 is 0 Å². The smallest absolute Gasteiger partial charge is 0.243 e. The highest BCUT2D eigenvalue weighted by atomic mass is 32.2. The van der Waals surface area contributed by atoms with E-state index >= 15 is 0 Å². The molecule has 1 unspecified atom stereocenters. The summed E-state index contributed by atoms with van der Waals surface area (Å²) < 4.78 is 33.0. The second-order valence-electron chi connectivity index (χ2n) is 7.64. The molecule has 4 rings (SSSR count). The van der Waals surface area contributed by atoms with Crippen molar-refractivity contribution in [2.75, 3.05) is 20.7 Å². The predicted octanol–water partition coefficient (Wildman–Crippen LogP) is 2.62. The van der Waals surface area contributed by atoms with Gasteiger partial charge in [-0.3, -0.25) is 10.2 Å². The molecule has 168 valence electrons. The molecule has 8 nitrogen and oxygen atoms in total. The number of thiophene rings is 1. The van der Waals surface area contributed by atoms with Crippen molar-refractivity contribution >= 4 is 43.9 Å². The number of nitrogens with zero attached hydrogens (tertiary/aromatic N) is 2. The SMILES string of the molecule is COc1ccc2ccc(S(=O)(=O)N(C)C3CCN(Cc4ccc(C(=N)N)s4)C3=O)cc2c1. The van der Waals surface area contributed by atoms with E-state index in [4.69, 9.17) is 15.9 Å². The Labute approximate surface area is 190 Å². The van der Waals surface area contributed by atoms with E-state index in [1.54, 1.807) is 42.3 Å². The summed E-state index contributed by atoms with van der Waals surface area (Å²) in [5.74, 6) is 0.408. The summed E-state index contributed by atoms with van der Waals surface area (Å²) in [4.78, 5) is 16.3.